The van der Waals surface area contributed by atoms with Gasteiger partial charge in [-0.1, -0.05) is 30.7 Å². The Morgan fingerprint density at radius 1 is 1.16 bits per heavy atom. The van der Waals surface area contributed by atoms with Gasteiger partial charge in [0.1, 0.15) is 5.82 Å². The molecule has 2 aromatic carbocycles. The maximum Gasteiger partial charge on any atom is 0.338 e. The van der Waals surface area contributed by atoms with E-state index < -0.39 is 0 Å². The molecule has 0 fully saturated rings. The van der Waals surface area contributed by atoms with Crippen LogP contribution in [-0.4, -0.2) is 22.1 Å². The number of carbonyl (C=O) groups excluding carboxylic acids is 1. The smallest absolute Gasteiger partial charge is 0.338 e. The van der Waals surface area contributed by atoms with Gasteiger partial charge in [0.05, 0.1) is 23.2 Å². The van der Waals surface area contributed by atoms with E-state index in [4.69, 9.17) is 21.3 Å². The van der Waals surface area contributed by atoms with Crippen molar-refractivity contribution >= 4 is 28.6 Å². The molecule has 130 valence electrons. The molecule has 0 spiro atoms. The molecular formula is C20H21ClN2O2. The number of esters is 1. The van der Waals surface area contributed by atoms with Crippen LogP contribution in [0.15, 0.2) is 42.5 Å². The molecule has 3 aromatic rings. The normalized spacial score (nSPS) is 11.0. The first kappa shape index (κ1) is 17.5. The number of hydrogen-bond donors (Lipinski definition) is 0. The van der Waals surface area contributed by atoms with Crippen LogP contribution in [0.2, 0.25) is 5.02 Å². The van der Waals surface area contributed by atoms with E-state index in [-0.39, 0.29) is 5.97 Å². The van der Waals surface area contributed by atoms with Gasteiger partial charge in [-0.2, -0.15) is 0 Å². The van der Waals surface area contributed by atoms with E-state index in [1.54, 1.807) is 13.0 Å². The summed E-state index contributed by atoms with van der Waals surface area (Å²) in [7, 11) is 0. The summed E-state index contributed by atoms with van der Waals surface area (Å²) >= 11 is 5.98. The van der Waals surface area contributed by atoms with E-state index in [1.807, 2.05) is 36.4 Å². The Labute approximate surface area is 152 Å². The Balaban J connectivity index is 2.05. The van der Waals surface area contributed by atoms with Crippen molar-refractivity contribution in [2.45, 2.75) is 33.2 Å². The third-order valence-electron chi connectivity index (χ3n) is 4.07. The highest BCUT2D eigenvalue weighted by Crippen LogP contribution is 2.22. The fraction of sp³-hybridized carbons (Fsp3) is 0.300. The summed E-state index contributed by atoms with van der Waals surface area (Å²) in [6.07, 6.45) is 1.89. The van der Waals surface area contributed by atoms with Crippen molar-refractivity contribution in [2.24, 2.45) is 0 Å². The highest BCUT2D eigenvalue weighted by molar-refractivity contribution is 6.30. The van der Waals surface area contributed by atoms with Gasteiger partial charge in [0, 0.05) is 18.0 Å². The summed E-state index contributed by atoms with van der Waals surface area (Å²) in [5.41, 5.74) is 3.53. The number of benzene rings is 2. The van der Waals surface area contributed by atoms with Crippen LogP contribution < -0.4 is 0 Å². The summed E-state index contributed by atoms with van der Waals surface area (Å²) in [6.45, 7) is 4.99. The van der Waals surface area contributed by atoms with Gasteiger partial charge in [0.2, 0.25) is 0 Å². The average Bonchev–Trinajstić information content (AvgIpc) is 2.94. The first-order valence-electron chi connectivity index (χ1n) is 8.53. The third-order valence-corrected chi connectivity index (χ3v) is 4.32. The standard InChI is InChI=1S/C20H21ClN2O2/c1-3-5-19-22-17-11-8-15(20(24)25-4-2)12-18(17)23(19)13-14-6-9-16(21)10-7-14/h6-12H,3-5,13H2,1-2H3. The average molecular weight is 357 g/mol. The Hall–Kier alpha value is -2.33. The van der Waals surface area contributed by atoms with Crippen molar-refractivity contribution in [1.29, 1.82) is 0 Å². The van der Waals surface area contributed by atoms with E-state index >= 15 is 0 Å². The topological polar surface area (TPSA) is 44.1 Å². The zero-order valence-corrected chi connectivity index (χ0v) is 15.2. The number of hydrogen-bond acceptors (Lipinski definition) is 3. The number of imidazole rings is 1. The minimum atomic E-state index is -0.305. The second-order valence-corrected chi connectivity index (χ2v) is 6.35. The predicted molar refractivity (Wildman–Crippen MR) is 100 cm³/mol. The van der Waals surface area contributed by atoms with Crippen molar-refractivity contribution in [3.05, 3.63) is 64.4 Å². The Bertz CT molecular complexity index is 885. The van der Waals surface area contributed by atoms with Crippen LogP contribution in [0.3, 0.4) is 0 Å². The van der Waals surface area contributed by atoms with Crippen LogP contribution in [0, 0.1) is 0 Å². The first-order valence-corrected chi connectivity index (χ1v) is 8.91. The Morgan fingerprint density at radius 3 is 2.60 bits per heavy atom. The van der Waals surface area contributed by atoms with E-state index in [0.29, 0.717) is 18.7 Å². The molecule has 3 rings (SSSR count). The number of nitrogens with zero attached hydrogens (tertiary/aromatic N) is 2. The molecule has 0 unspecified atom stereocenters. The van der Waals surface area contributed by atoms with E-state index in [0.717, 1.165) is 40.3 Å². The molecule has 5 heteroatoms. The molecule has 1 heterocycles. The fourth-order valence-electron chi connectivity index (χ4n) is 2.88. The van der Waals surface area contributed by atoms with Gasteiger partial charge in [-0.15, -0.1) is 0 Å². The monoisotopic (exact) mass is 356 g/mol. The van der Waals surface area contributed by atoms with Gasteiger partial charge in [0.25, 0.3) is 0 Å². The molecular weight excluding hydrogens is 336 g/mol. The number of rotatable bonds is 6. The molecule has 0 aliphatic carbocycles. The van der Waals surface area contributed by atoms with Crippen LogP contribution in [-0.2, 0) is 17.7 Å². The van der Waals surface area contributed by atoms with Crippen LogP contribution in [0.1, 0.15) is 42.0 Å². The molecule has 1 aromatic heterocycles. The van der Waals surface area contributed by atoms with Gasteiger partial charge < -0.3 is 9.30 Å². The lowest BCUT2D eigenvalue weighted by molar-refractivity contribution is 0.0526. The molecule has 0 aliphatic rings. The van der Waals surface area contributed by atoms with Gasteiger partial charge in [-0.05, 0) is 49.2 Å². The molecule has 0 aliphatic heterocycles. The number of aromatic nitrogens is 2. The molecule has 0 N–H and O–H groups in total. The summed E-state index contributed by atoms with van der Waals surface area (Å²) in [5.74, 6) is 0.717. The fourth-order valence-corrected chi connectivity index (χ4v) is 3.00. The third kappa shape index (κ3) is 3.85. The summed E-state index contributed by atoms with van der Waals surface area (Å²) in [4.78, 5) is 16.8. The van der Waals surface area contributed by atoms with E-state index in [9.17, 15) is 4.79 Å². The zero-order valence-electron chi connectivity index (χ0n) is 14.5. The maximum atomic E-state index is 12.1. The maximum absolute atomic E-state index is 12.1. The molecule has 0 saturated heterocycles. The highest BCUT2D eigenvalue weighted by Gasteiger charge is 2.14. The molecule has 0 atom stereocenters. The summed E-state index contributed by atoms with van der Waals surface area (Å²) in [5, 5.41) is 0.720. The van der Waals surface area contributed by atoms with Crippen LogP contribution in [0.4, 0.5) is 0 Å². The number of fused-ring (bicyclic) bond motifs is 1. The van der Waals surface area contributed by atoms with Crippen molar-refractivity contribution in [3.8, 4) is 0 Å². The zero-order chi connectivity index (χ0) is 17.8. The van der Waals surface area contributed by atoms with Crippen molar-refractivity contribution in [2.75, 3.05) is 6.61 Å². The largest absolute Gasteiger partial charge is 0.462 e. The minimum Gasteiger partial charge on any atom is -0.462 e. The van der Waals surface area contributed by atoms with Gasteiger partial charge in [0.15, 0.2) is 0 Å². The Kier molecular flexibility index (Phi) is 5.39. The molecule has 0 radical (unpaired) electrons. The van der Waals surface area contributed by atoms with Gasteiger partial charge in [-0.3, -0.25) is 0 Å². The number of aryl methyl sites for hydroxylation is 1. The van der Waals surface area contributed by atoms with E-state index in [1.165, 1.54) is 0 Å². The molecule has 0 amide bonds. The summed E-state index contributed by atoms with van der Waals surface area (Å²) in [6, 6.07) is 13.3. The van der Waals surface area contributed by atoms with Crippen LogP contribution >= 0.6 is 11.6 Å². The number of carbonyl (C=O) groups is 1. The van der Waals surface area contributed by atoms with Crippen molar-refractivity contribution in [1.82, 2.24) is 9.55 Å². The second kappa shape index (κ2) is 7.70. The molecule has 25 heavy (non-hydrogen) atoms. The minimum absolute atomic E-state index is 0.305. The van der Waals surface area contributed by atoms with Gasteiger partial charge in [-0.25, -0.2) is 9.78 Å². The SMILES string of the molecule is CCCc1nc2ccc(C(=O)OCC)cc2n1Cc1ccc(Cl)cc1. The lowest BCUT2D eigenvalue weighted by Crippen LogP contribution is -2.07. The predicted octanol–water partition coefficient (Wildman–Crippen LogP) is 4.87. The van der Waals surface area contributed by atoms with Gasteiger partial charge >= 0.3 is 5.97 Å². The van der Waals surface area contributed by atoms with Crippen molar-refractivity contribution in [3.63, 3.8) is 0 Å². The molecule has 0 bridgehead atoms. The quantitative estimate of drug-likeness (QED) is 0.592. The highest BCUT2D eigenvalue weighted by atomic mass is 35.5. The van der Waals surface area contributed by atoms with Crippen LogP contribution in [0.5, 0.6) is 0 Å². The van der Waals surface area contributed by atoms with E-state index in [2.05, 4.69) is 11.5 Å². The lowest BCUT2D eigenvalue weighted by atomic mass is 10.2. The van der Waals surface area contributed by atoms with Crippen LogP contribution in [0.25, 0.3) is 11.0 Å². The second-order valence-electron chi connectivity index (χ2n) is 5.91. The lowest BCUT2D eigenvalue weighted by Gasteiger charge is -2.10. The summed E-state index contributed by atoms with van der Waals surface area (Å²) < 4.78 is 7.29. The number of halogens is 1. The van der Waals surface area contributed by atoms with Crippen molar-refractivity contribution < 1.29 is 9.53 Å². The first-order chi connectivity index (χ1) is 12.1. The number of ether oxygens (including phenoxy) is 1. The Morgan fingerprint density at radius 2 is 1.92 bits per heavy atom. The molecule has 0 saturated carbocycles. The molecule has 4 nitrogen and oxygen atoms in total.